The number of rotatable bonds is 2. The summed E-state index contributed by atoms with van der Waals surface area (Å²) in [5.74, 6) is -0.346. The Labute approximate surface area is 136 Å². The summed E-state index contributed by atoms with van der Waals surface area (Å²) in [6.07, 6.45) is 0. The first-order chi connectivity index (χ1) is 10.8. The molecule has 0 spiro atoms. The van der Waals surface area contributed by atoms with Gasteiger partial charge < -0.3 is 14.0 Å². The van der Waals surface area contributed by atoms with Crippen LogP contribution in [0.15, 0.2) is 36.4 Å². The van der Waals surface area contributed by atoms with Gasteiger partial charge in [-0.15, -0.1) is 0 Å². The Morgan fingerprint density at radius 2 is 1.52 bits per heavy atom. The van der Waals surface area contributed by atoms with E-state index < -0.39 is 18.3 Å². The van der Waals surface area contributed by atoms with Gasteiger partial charge in [0.1, 0.15) is 0 Å². The lowest BCUT2D eigenvalue weighted by atomic mass is 9.75. The van der Waals surface area contributed by atoms with Crippen LogP contribution in [0.5, 0.6) is 0 Å². The minimum absolute atomic E-state index is 0.346. The molecule has 5 heteroatoms. The molecule has 2 aromatic carbocycles. The van der Waals surface area contributed by atoms with E-state index in [1.165, 1.54) is 7.11 Å². The number of hydrogen-bond donors (Lipinski definition) is 0. The molecule has 0 radical (unpaired) electrons. The largest absolute Gasteiger partial charge is 0.495 e. The number of benzene rings is 2. The smallest absolute Gasteiger partial charge is 0.465 e. The highest BCUT2D eigenvalue weighted by molar-refractivity contribution is 6.65. The van der Waals surface area contributed by atoms with Crippen molar-refractivity contribution in [2.45, 2.75) is 38.9 Å². The fourth-order valence-electron chi connectivity index (χ4n) is 2.80. The van der Waals surface area contributed by atoms with Gasteiger partial charge in [-0.2, -0.15) is 0 Å². The van der Waals surface area contributed by atoms with Crippen molar-refractivity contribution in [2.75, 3.05) is 7.11 Å². The molecule has 4 nitrogen and oxygen atoms in total. The Balaban J connectivity index is 2.12. The lowest BCUT2D eigenvalue weighted by molar-refractivity contribution is 0.00578. The van der Waals surface area contributed by atoms with Gasteiger partial charge in [0.15, 0.2) is 0 Å². The maximum absolute atomic E-state index is 12.0. The van der Waals surface area contributed by atoms with E-state index in [9.17, 15) is 4.79 Å². The van der Waals surface area contributed by atoms with Crippen LogP contribution in [0.1, 0.15) is 38.1 Å². The van der Waals surface area contributed by atoms with Gasteiger partial charge in [-0.1, -0.05) is 30.3 Å². The summed E-state index contributed by atoms with van der Waals surface area (Å²) in [5.41, 5.74) is 0.662. The molecule has 120 valence electrons. The molecule has 0 unspecified atom stereocenters. The number of hydrogen-bond acceptors (Lipinski definition) is 4. The van der Waals surface area contributed by atoms with Crippen molar-refractivity contribution in [1.82, 2.24) is 0 Å². The summed E-state index contributed by atoms with van der Waals surface area (Å²) in [7, 11) is 0.927. The van der Waals surface area contributed by atoms with Gasteiger partial charge in [0.05, 0.1) is 23.9 Å². The second-order valence-electron chi connectivity index (χ2n) is 6.83. The molecule has 1 fully saturated rings. The first-order valence-electron chi connectivity index (χ1n) is 7.72. The molecule has 1 aliphatic rings. The SMILES string of the molecule is COC(=O)c1cccc2c(B3OC(C)(C)C(C)(C)O3)cccc12. The summed E-state index contributed by atoms with van der Waals surface area (Å²) < 4.78 is 17.2. The predicted octanol–water partition coefficient (Wildman–Crippen LogP) is 2.93. The highest BCUT2D eigenvalue weighted by atomic mass is 16.7. The standard InChI is InChI=1S/C18H21BO4/c1-17(2)18(3,4)23-19(22-17)15-11-7-8-12-13(15)9-6-10-14(12)16(20)21-5/h6-11H,1-5H3. The van der Waals surface area contributed by atoms with Gasteiger partial charge in [-0.3, -0.25) is 0 Å². The van der Waals surface area contributed by atoms with Crippen molar-refractivity contribution < 1.29 is 18.8 Å². The van der Waals surface area contributed by atoms with Crippen molar-refractivity contribution in [3.63, 3.8) is 0 Å². The average molecular weight is 312 g/mol. The molecule has 1 heterocycles. The van der Waals surface area contributed by atoms with E-state index in [4.69, 9.17) is 14.0 Å². The molecule has 23 heavy (non-hydrogen) atoms. The Hall–Kier alpha value is -1.85. The summed E-state index contributed by atoms with van der Waals surface area (Å²) in [6.45, 7) is 8.10. The number of fused-ring (bicyclic) bond motifs is 1. The zero-order valence-corrected chi connectivity index (χ0v) is 14.2. The maximum atomic E-state index is 12.0. The number of carbonyl (C=O) groups excluding carboxylic acids is 1. The van der Waals surface area contributed by atoms with Crippen molar-refractivity contribution >= 4 is 29.3 Å². The quantitative estimate of drug-likeness (QED) is 0.632. The van der Waals surface area contributed by atoms with E-state index in [1.54, 1.807) is 6.07 Å². The maximum Gasteiger partial charge on any atom is 0.495 e. The van der Waals surface area contributed by atoms with Crippen LogP contribution in [0.25, 0.3) is 10.8 Å². The second-order valence-corrected chi connectivity index (χ2v) is 6.83. The Kier molecular flexibility index (Phi) is 3.73. The number of methoxy groups -OCH3 is 1. The minimum atomic E-state index is -0.461. The zero-order chi connectivity index (χ0) is 16.8. The van der Waals surface area contributed by atoms with Gasteiger partial charge in [0, 0.05) is 0 Å². The summed E-state index contributed by atoms with van der Waals surface area (Å²) in [4.78, 5) is 12.0. The highest BCUT2D eigenvalue weighted by Crippen LogP contribution is 2.37. The molecular formula is C18H21BO4. The molecule has 0 bridgehead atoms. The third-order valence-corrected chi connectivity index (χ3v) is 4.87. The van der Waals surface area contributed by atoms with Crippen LogP contribution in [0.2, 0.25) is 0 Å². The van der Waals surface area contributed by atoms with Gasteiger partial charge in [-0.05, 0) is 50.0 Å². The monoisotopic (exact) mass is 312 g/mol. The predicted molar refractivity (Wildman–Crippen MR) is 91.0 cm³/mol. The Bertz CT molecular complexity index is 751. The fraction of sp³-hybridized carbons (Fsp3) is 0.389. The van der Waals surface area contributed by atoms with Gasteiger partial charge >= 0.3 is 13.1 Å². The fourth-order valence-corrected chi connectivity index (χ4v) is 2.80. The lowest BCUT2D eigenvalue weighted by Gasteiger charge is -2.32. The molecule has 1 saturated heterocycles. The van der Waals surface area contributed by atoms with Crippen LogP contribution in [0, 0.1) is 0 Å². The van der Waals surface area contributed by atoms with Crippen molar-refractivity contribution in [3.8, 4) is 0 Å². The lowest BCUT2D eigenvalue weighted by Crippen LogP contribution is -2.41. The molecule has 2 aromatic rings. The van der Waals surface area contributed by atoms with Gasteiger partial charge in [0.25, 0.3) is 0 Å². The molecule has 0 saturated carbocycles. The van der Waals surface area contributed by atoms with Crippen LogP contribution < -0.4 is 5.46 Å². The van der Waals surface area contributed by atoms with Crippen LogP contribution in [-0.2, 0) is 14.0 Å². The van der Waals surface area contributed by atoms with Crippen LogP contribution >= 0.6 is 0 Å². The first kappa shape index (κ1) is 16.0. The van der Waals surface area contributed by atoms with Crippen molar-refractivity contribution in [2.24, 2.45) is 0 Å². The van der Waals surface area contributed by atoms with E-state index in [1.807, 2.05) is 58.0 Å². The van der Waals surface area contributed by atoms with Crippen LogP contribution in [-0.4, -0.2) is 31.4 Å². The van der Waals surface area contributed by atoms with E-state index in [0.717, 1.165) is 16.2 Å². The topological polar surface area (TPSA) is 44.8 Å². The second kappa shape index (κ2) is 5.36. The molecule has 0 N–H and O–H groups in total. The molecule has 0 aliphatic carbocycles. The number of carbonyl (C=O) groups is 1. The highest BCUT2D eigenvalue weighted by Gasteiger charge is 2.52. The summed E-state index contributed by atoms with van der Waals surface area (Å²) >= 11 is 0. The minimum Gasteiger partial charge on any atom is -0.465 e. The molecule has 0 amide bonds. The summed E-state index contributed by atoms with van der Waals surface area (Å²) in [5, 5.41) is 1.78. The van der Waals surface area contributed by atoms with Gasteiger partial charge in [-0.25, -0.2) is 4.79 Å². The Morgan fingerprint density at radius 1 is 0.957 bits per heavy atom. The zero-order valence-electron chi connectivity index (χ0n) is 14.2. The molecule has 1 aliphatic heterocycles. The average Bonchev–Trinajstić information content (AvgIpc) is 2.73. The molecule has 0 aromatic heterocycles. The summed E-state index contributed by atoms with van der Waals surface area (Å²) in [6, 6.07) is 11.4. The third-order valence-electron chi connectivity index (χ3n) is 4.87. The van der Waals surface area contributed by atoms with E-state index in [0.29, 0.717) is 5.56 Å². The van der Waals surface area contributed by atoms with E-state index >= 15 is 0 Å². The molecule has 0 atom stereocenters. The number of ether oxygens (including phenoxy) is 1. The third kappa shape index (κ3) is 2.54. The normalized spacial score (nSPS) is 19.1. The van der Waals surface area contributed by atoms with Gasteiger partial charge in [0.2, 0.25) is 0 Å². The van der Waals surface area contributed by atoms with Crippen molar-refractivity contribution in [3.05, 3.63) is 42.0 Å². The molecular weight excluding hydrogens is 291 g/mol. The molecule has 3 rings (SSSR count). The number of esters is 1. The van der Waals surface area contributed by atoms with E-state index in [2.05, 4.69) is 0 Å². The van der Waals surface area contributed by atoms with Crippen LogP contribution in [0.4, 0.5) is 0 Å². The van der Waals surface area contributed by atoms with Crippen molar-refractivity contribution in [1.29, 1.82) is 0 Å². The van der Waals surface area contributed by atoms with Crippen LogP contribution in [0.3, 0.4) is 0 Å². The first-order valence-corrected chi connectivity index (χ1v) is 7.72. The Morgan fingerprint density at radius 3 is 2.13 bits per heavy atom. The van der Waals surface area contributed by atoms with E-state index in [-0.39, 0.29) is 5.97 Å².